The van der Waals surface area contributed by atoms with E-state index in [1.807, 2.05) is 18.2 Å². The second-order valence-corrected chi connectivity index (χ2v) is 10.3. The summed E-state index contributed by atoms with van der Waals surface area (Å²) in [5, 5.41) is 10.8. The van der Waals surface area contributed by atoms with E-state index in [2.05, 4.69) is 12.1 Å². The van der Waals surface area contributed by atoms with Crippen LogP contribution in [-0.4, -0.2) is 35.1 Å². The Morgan fingerprint density at radius 2 is 1.49 bits per heavy atom. The third kappa shape index (κ3) is 4.20. The molecule has 1 aliphatic heterocycles. The molecule has 2 amide bonds. The Bertz CT molecular complexity index is 1480. The van der Waals surface area contributed by atoms with Gasteiger partial charge in [-0.2, -0.15) is 0 Å². The molecule has 5 unspecified atom stereocenters. The number of hydrogen-bond acceptors (Lipinski definition) is 7. The Balaban J connectivity index is 1.11. The van der Waals surface area contributed by atoms with E-state index in [1.165, 1.54) is 46.9 Å². The number of anilines is 1. The lowest BCUT2D eigenvalue weighted by atomic mass is 9.73. The second-order valence-electron chi connectivity index (χ2n) is 10.3. The van der Waals surface area contributed by atoms with Gasteiger partial charge in [0.05, 0.1) is 28.0 Å². The molecule has 3 aromatic carbocycles. The van der Waals surface area contributed by atoms with Crippen LogP contribution in [0, 0.1) is 33.8 Å². The zero-order valence-electron chi connectivity index (χ0n) is 20.8. The highest BCUT2D eigenvalue weighted by molar-refractivity contribution is 6.22. The molecule has 2 aliphatic carbocycles. The molecule has 2 bridgehead atoms. The van der Waals surface area contributed by atoms with Gasteiger partial charge in [-0.15, -0.1) is 0 Å². The largest absolute Gasteiger partial charge is 0.454 e. The Morgan fingerprint density at radius 1 is 0.846 bits per heavy atom. The summed E-state index contributed by atoms with van der Waals surface area (Å²) in [5.41, 5.74) is 1.83. The first kappa shape index (κ1) is 24.7. The number of nitro benzene ring substituents is 1. The van der Waals surface area contributed by atoms with Crippen molar-refractivity contribution in [1.29, 1.82) is 0 Å². The molecule has 0 N–H and O–H groups in total. The van der Waals surface area contributed by atoms with E-state index in [4.69, 9.17) is 4.74 Å². The van der Waals surface area contributed by atoms with E-state index in [-0.39, 0.29) is 58.2 Å². The van der Waals surface area contributed by atoms with Crippen LogP contribution in [0.3, 0.4) is 0 Å². The van der Waals surface area contributed by atoms with E-state index in [9.17, 15) is 29.3 Å². The lowest BCUT2D eigenvalue weighted by Gasteiger charge is -2.28. The molecule has 3 fully saturated rings. The maximum Gasteiger partial charge on any atom is 0.338 e. The van der Waals surface area contributed by atoms with Gasteiger partial charge in [0.25, 0.3) is 5.69 Å². The lowest BCUT2D eigenvalue weighted by Crippen LogP contribution is -2.33. The summed E-state index contributed by atoms with van der Waals surface area (Å²) in [4.78, 5) is 63.1. The Hall–Kier alpha value is -4.66. The van der Waals surface area contributed by atoms with Gasteiger partial charge in [-0.05, 0) is 72.6 Å². The SMILES string of the molecule is O=C(COC(=O)c1ccc(N2C(=O)C3C4CC(c5ccccc5)C(C4)C3C2=O)cc1)c1ccc([N+](=O)[O-])cc1. The van der Waals surface area contributed by atoms with Crippen molar-refractivity contribution in [2.45, 2.75) is 18.8 Å². The van der Waals surface area contributed by atoms with Crippen LogP contribution < -0.4 is 4.90 Å². The summed E-state index contributed by atoms with van der Waals surface area (Å²) in [6.45, 7) is -0.532. The van der Waals surface area contributed by atoms with Gasteiger partial charge >= 0.3 is 5.97 Å². The minimum atomic E-state index is -0.739. The van der Waals surface area contributed by atoms with Gasteiger partial charge in [0.1, 0.15) is 0 Å². The number of nitro groups is 1. The van der Waals surface area contributed by atoms with Crippen molar-refractivity contribution in [2.24, 2.45) is 23.7 Å². The van der Waals surface area contributed by atoms with E-state index in [0.717, 1.165) is 12.8 Å². The highest BCUT2D eigenvalue weighted by atomic mass is 16.6. The number of ether oxygens (including phenoxy) is 1. The number of carbonyl (C=O) groups is 4. The van der Waals surface area contributed by atoms with Gasteiger partial charge in [0, 0.05) is 17.7 Å². The van der Waals surface area contributed by atoms with Gasteiger partial charge in [0.15, 0.2) is 12.4 Å². The van der Waals surface area contributed by atoms with Crippen LogP contribution in [0.2, 0.25) is 0 Å². The third-order valence-corrected chi connectivity index (χ3v) is 8.34. The van der Waals surface area contributed by atoms with E-state index in [0.29, 0.717) is 5.69 Å². The predicted molar refractivity (Wildman–Crippen MR) is 139 cm³/mol. The van der Waals surface area contributed by atoms with E-state index < -0.39 is 23.3 Å². The molecular weight excluding hydrogens is 500 g/mol. The molecule has 1 saturated heterocycles. The first-order valence-electron chi connectivity index (χ1n) is 12.8. The number of Topliss-reactive ketones (excluding diaryl/α,β-unsaturated/α-hetero) is 1. The fourth-order valence-electron chi connectivity index (χ4n) is 6.61. The molecular formula is C30H24N2O7. The Morgan fingerprint density at radius 3 is 2.15 bits per heavy atom. The number of hydrogen-bond donors (Lipinski definition) is 0. The van der Waals surface area contributed by atoms with Crippen LogP contribution in [0.15, 0.2) is 78.9 Å². The molecule has 0 radical (unpaired) electrons. The minimum Gasteiger partial charge on any atom is -0.454 e. The van der Waals surface area contributed by atoms with Crippen LogP contribution in [0.25, 0.3) is 0 Å². The summed E-state index contributed by atoms with van der Waals surface area (Å²) in [5.74, 6) is -1.60. The number of imide groups is 1. The predicted octanol–water partition coefficient (Wildman–Crippen LogP) is 4.56. The number of nitrogens with zero attached hydrogens (tertiary/aromatic N) is 2. The number of amides is 2. The van der Waals surface area contributed by atoms with Crippen molar-refractivity contribution in [3.05, 3.63) is 106 Å². The van der Waals surface area contributed by atoms with Gasteiger partial charge in [-0.25, -0.2) is 4.79 Å². The lowest BCUT2D eigenvalue weighted by molar-refractivity contribution is -0.384. The molecule has 9 nitrogen and oxygen atoms in total. The molecule has 9 heteroatoms. The van der Waals surface area contributed by atoms with Crippen molar-refractivity contribution >= 4 is 34.9 Å². The molecule has 39 heavy (non-hydrogen) atoms. The number of esters is 1. The normalized spacial score (nSPS) is 25.0. The van der Waals surface area contributed by atoms with Crippen LogP contribution in [0.4, 0.5) is 11.4 Å². The molecule has 3 aliphatic rings. The number of fused-ring (bicyclic) bond motifs is 5. The average molecular weight is 525 g/mol. The third-order valence-electron chi connectivity index (χ3n) is 8.34. The summed E-state index contributed by atoms with van der Waals surface area (Å²) in [7, 11) is 0. The fourth-order valence-corrected chi connectivity index (χ4v) is 6.61. The van der Waals surface area contributed by atoms with Gasteiger partial charge in [-0.1, -0.05) is 30.3 Å². The van der Waals surface area contributed by atoms with Crippen molar-refractivity contribution in [3.8, 4) is 0 Å². The number of benzene rings is 3. The van der Waals surface area contributed by atoms with E-state index >= 15 is 0 Å². The molecule has 1 heterocycles. The smallest absolute Gasteiger partial charge is 0.338 e. The average Bonchev–Trinajstić information content (AvgIpc) is 3.63. The van der Waals surface area contributed by atoms with Crippen LogP contribution in [0.1, 0.15) is 45.0 Å². The van der Waals surface area contributed by atoms with Crippen molar-refractivity contribution in [1.82, 2.24) is 0 Å². The first-order valence-corrected chi connectivity index (χ1v) is 12.8. The first-order chi connectivity index (χ1) is 18.8. The van der Waals surface area contributed by atoms with Gasteiger partial charge < -0.3 is 4.74 Å². The quantitative estimate of drug-likeness (QED) is 0.146. The zero-order valence-corrected chi connectivity index (χ0v) is 20.8. The summed E-state index contributed by atoms with van der Waals surface area (Å²) >= 11 is 0. The number of non-ortho nitro benzene ring substituents is 1. The number of carbonyl (C=O) groups excluding carboxylic acids is 4. The van der Waals surface area contributed by atoms with Gasteiger partial charge in [0.2, 0.25) is 11.8 Å². The molecule has 2 saturated carbocycles. The molecule has 3 aromatic rings. The molecule has 0 aromatic heterocycles. The fraction of sp³-hybridized carbons (Fsp3) is 0.267. The van der Waals surface area contributed by atoms with Crippen molar-refractivity contribution in [2.75, 3.05) is 11.5 Å². The Kier molecular flexibility index (Phi) is 6.06. The van der Waals surface area contributed by atoms with Crippen LogP contribution >= 0.6 is 0 Å². The minimum absolute atomic E-state index is 0.145. The van der Waals surface area contributed by atoms with Crippen molar-refractivity contribution in [3.63, 3.8) is 0 Å². The number of rotatable bonds is 7. The summed E-state index contributed by atoms with van der Waals surface area (Å²) in [6, 6.07) is 21.2. The monoisotopic (exact) mass is 524 g/mol. The molecule has 5 atom stereocenters. The van der Waals surface area contributed by atoms with Crippen LogP contribution in [0.5, 0.6) is 0 Å². The maximum atomic E-state index is 13.5. The topological polar surface area (TPSA) is 124 Å². The van der Waals surface area contributed by atoms with Crippen LogP contribution in [-0.2, 0) is 14.3 Å². The standard InChI is InChI=1S/C30H24N2O7/c33-25(18-6-12-22(13-7-18)32(37)38)16-39-30(36)19-8-10-21(11-9-19)31-28(34)26-20-14-23(17-4-2-1-3-5-17)24(15-20)27(26)29(31)35/h1-13,20,23-24,26-27H,14-16H2. The maximum absolute atomic E-state index is 13.5. The van der Waals surface area contributed by atoms with E-state index in [1.54, 1.807) is 12.1 Å². The summed E-state index contributed by atoms with van der Waals surface area (Å²) in [6.07, 6.45) is 1.80. The number of ketones is 1. The highest BCUT2D eigenvalue weighted by Crippen LogP contribution is 2.61. The zero-order chi connectivity index (χ0) is 27.3. The Labute approximate surface area is 223 Å². The molecule has 196 valence electrons. The van der Waals surface area contributed by atoms with Crippen molar-refractivity contribution < 1.29 is 28.8 Å². The molecule has 0 spiro atoms. The highest BCUT2D eigenvalue weighted by Gasteiger charge is 2.64. The summed E-state index contributed by atoms with van der Waals surface area (Å²) < 4.78 is 5.11. The molecule has 6 rings (SSSR count). The second kappa shape index (κ2) is 9.58. The van der Waals surface area contributed by atoms with Gasteiger partial charge in [-0.3, -0.25) is 29.4 Å².